The van der Waals surface area contributed by atoms with E-state index in [-0.39, 0.29) is 5.41 Å². The van der Waals surface area contributed by atoms with Gasteiger partial charge in [0.2, 0.25) is 0 Å². The van der Waals surface area contributed by atoms with E-state index in [1.807, 2.05) is 17.5 Å². The molecule has 2 aliphatic heterocycles. The van der Waals surface area contributed by atoms with E-state index in [2.05, 4.69) is 57.4 Å². The summed E-state index contributed by atoms with van der Waals surface area (Å²) in [5.74, 6) is 1.29. The molecule has 1 saturated heterocycles. The summed E-state index contributed by atoms with van der Waals surface area (Å²) in [6, 6.07) is 13.5. The van der Waals surface area contributed by atoms with Crippen molar-refractivity contribution < 1.29 is 0 Å². The third kappa shape index (κ3) is 2.55. The minimum atomic E-state index is 0.0859. The van der Waals surface area contributed by atoms with Crippen LogP contribution in [-0.4, -0.2) is 27.5 Å². The lowest BCUT2D eigenvalue weighted by Gasteiger charge is -2.42. The van der Waals surface area contributed by atoms with Crippen LogP contribution in [0.25, 0.3) is 0 Å². The topological polar surface area (TPSA) is 21.1 Å². The Morgan fingerprint density at radius 2 is 1.92 bits per heavy atom. The summed E-state index contributed by atoms with van der Waals surface area (Å²) >= 11 is 1.87. The molecule has 0 radical (unpaired) electrons. The Kier molecular flexibility index (Phi) is 3.75. The van der Waals surface area contributed by atoms with Crippen LogP contribution in [-0.2, 0) is 24.9 Å². The van der Waals surface area contributed by atoms with Gasteiger partial charge in [-0.05, 0) is 54.9 Å². The first-order chi connectivity index (χ1) is 12.4. The van der Waals surface area contributed by atoms with Crippen molar-refractivity contribution in [2.45, 2.75) is 37.8 Å². The third-order valence-electron chi connectivity index (χ3n) is 5.97. The number of fused-ring (bicyclic) bond motifs is 4. The Bertz CT molecular complexity index is 857. The quantitative estimate of drug-likeness (QED) is 0.695. The van der Waals surface area contributed by atoms with Crippen molar-refractivity contribution in [1.82, 2.24) is 14.5 Å². The Hall–Kier alpha value is -1.91. The molecule has 4 heteroatoms. The van der Waals surface area contributed by atoms with E-state index in [4.69, 9.17) is 4.98 Å². The van der Waals surface area contributed by atoms with Crippen LogP contribution in [0.5, 0.6) is 0 Å². The highest BCUT2D eigenvalue weighted by Gasteiger charge is 2.43. The van der Waals surface area contributed by atoms with E-state index in [0.717, 1.165) is 45.4 Å². The molecule has 2 aromatic heterocycles. The lowest BCUT2D eigenvalue weighted by Crippen LogP contribution is -2.44. The minimum absolute atomic E-state index is 0.0859. The number of hydrogen-bond donors (Lipinski definition) is 0. The lowest BCUT2D eigenvalue weighted by molar-refractivity contribution is 0.167. The van der Waals surface area contributed by atoms with Crippen molar-refractivity contribution in [3.8, 4) is 0 Å². The fourth-order valence-corrected chi connectivity index (χ4v) is 5.43. The maximum Gasteiger partial charge on any atom is 0.119 e. The molecule has 0 atom stereocenters. The fraction of sp³-hybridized carbons (Fsp3) is 0.381. The van der Waals surface area contributed by atoms with Crippen molar-refractivity contribution in [3.63, 3.8) is 0 Å². The van der Waals surface area contributed by atoms with Gasteiger partial charge in [-0.2, -0.15) is 0 Å². The van der Waals surface area contributed by atoms with Crippen molar-refractivity contribution in [3.05, 3.63) is 76.0 Å². The van der Waals surface area contributed by atoms with Crippen LogP contribution in [0, 0.1) is 0 Å². The second-order valence-corrected chi connectivity index (χ2v) is 8.32. The normalized spacial score (nSPS) is 19.4. The molecule has 128 valence electrons. The number of aryl methyl sites for hydroxylation is 2. The molecular formula is C21H23N3S. The predicted molar refractivity (Wildman–Crippen MR) is 102 cm³/mol. The highest BCUT2D eigenvalue weighted by Crippen LogP contribution is 2.44. The van der Waals surface area contributed by atoms with Crippen molar-refractivity contribution in [2.75, 3.05) is 13.1 Å². The zero-order valence-electron chi connectivity index (χ0n) is 14.4. The van der Waals surface area contributed by atoms with E-state index in [0.29, 0.717) is 0 Å². The summed E-state index contributed by atoms with van der Waals surface area (Å²) in [5.41, 5.74) is 3.12. The number of hydrogen-bond acceptors (Lipinski definition) is 3. The second-order valence-electron chi connectivity index (χ2n) is 7.29. The third-order valence-corrected chi connectivity index (χ3v) is 6.83. The monoisotopic (exact) mass is 349 g/mol. The maximum absolute atomic E-state index is 4.84. The number of nitrogens with zero attached hydrogens (tertiary/aromatic N) is 3. The molecule has 0 unspecified atom stereocenters. The van der Waals surface area contributed by atoms with Gasteiger partial charge in [0.25, 0.3) is 0 Å². The lowest BCUT2D eigenvalue weighted by atomic mass is 9.70. The largest absolute Gasteiger partial charge is 0.334 e. The van der Waals surface area contributed by atoms with Crippen molar-refractivity contribution in [1.29, 1.82) is 0 Å². The molecular weight excluding hydrogens is 326 g/mol. The molecule has 1 aromatic carbocycles. The van der Waals surface area contributed by atoms with Crippen molar-refractivity contribution in [2.24, 2.45) is 0 Å². The molecule has 0 amide bonds. The number of thiophene rings is 1. The average Bonchev–Trinajstić information content (AvgIpc) is 3.31. The molecule has 3 aromatic rings. The molecule has 25 heavy (non-hydrogen) atoms. The molecule has 4 heterocycles. The predicted octanol–water partition coefficient (Wildman–Crippen LogP) is 4.08. The van der Waals surface area contributed by atoms with E-state index in [1.165, 1.54) is 21.8 Å². The number of rotatable bonds is 2. The zero-order chi connectivity index (χ0) is 16.7. The molecule has 0 saturated carbocycles. The van der Waals surface area contributed by atoms with Crippen LogP contribution in [0.2, 0.25) is 0 Å². The Balaban J connectivity index is 1.49. The van der Waals surface area contributed by atoms with E-state index >= 15 is 0 Å². The zero-order valence-corrected chi connectivity index (χ0v) is 15.2. The summed E-state index contributed by atoms with van der Waals surface area (Å²) in [6.07, 6.45) is 7.59. The molecule has 3 nitrogen and oxygen atoms in total. The molecule has 1 fully saturated rings. The fourth-order valence-electron chi connectivity index (χ4n) is 4.68. The number of aromatic nitrogens is 2. The Labute approximate surface area is 152 Å². The van der Waals surface area contributed by atoms with Crippen molar-refractivity contribution >= 4 is 11.3 Å². The smallest absolute Gasteiger partial charge is 0.119 e. The van der Waals surface area contributed by atoms with Gasteiger partial charge in [0, 0.05) is 30.4 Å². The number of imidazole rings is 1. The first kappa shape index (κ1) is 15.4. The van der Waals surface area contributed by atoms with Gasteiger partial charge in [-0.15, -0.1) is 11.3 Å². The van der Waals surface area contributed by atoms with Gasteiger partial charge in [-0.3, -0.25) is 4.90 Å². The van der Waals surface area contributed by atoms with E-state index in [9.17, 15) is 0 Å². The average molecular weight is 350 g/mol. The molecule has 0 N–H and O–H groups in total. The van der Waals surface area contributed by atoms with Crippen LogP contribution in [0.4, 0.5) is 0 Å². The van der Waals surface area contributed by atoms with Gasteiger partial charge in [0.15, 0.2) is 0 Å². The van der Waals surface area contributed by atoms with Crippen LogP contribution >= 0.6 is 11.3 Å². The van der Waals surface area contributed by atoms with Gasteiger partial charge >= 0.3 is 0 Å². The van der Waals surface area contributed by atoms with Gasteiger partial charge in [0.05, 0.1) is 5.41 Å². The van der Waals surface area contributed by atoms with Crippen LogP contribution in [0.15, 0.2) is 54.2 Å². The summed E-state index contributed by atoms with van der Waals surface area (Å²) in [6.45, 7) is 4.41. The number of likely N-dealkylation sites (tertiary alicyclic amines) is 1. The first-order valence-electron chi connectivity index (χ1n) is 9.20. The SMILES string of the molecule is c1csc(CN2CCC3(CC2)c2ccccc2CCn2ccnc23)c1. The standard InChI is InChI=1S/C21H23N3S/c1-2-6-19-17(4-1)7-11-24-14-10-22-20(24)21(19)8-12-23(13-9-21)16-18-5-3-15-25-18/h1-6,10,14-15H,7-9,11-13,16H2. The minimum Gasteiger partial charge on any atom is -0.334 e. The number of benzene rings is 1. The summed E-state index contributed by atoms with van der Waals surface area (Å²) in [7, 11) is 0. The summed E-state index contributed by atoms with van der Waals surface area (Å²) in [5, 5.41) is 2.18. The summed E-state index contributed by atoms with van der Waals surface area (Å²) < 4.78 is 2.40. The highest BCUT2D eigenvalue weighted by atomic mass is 32.1. The number of piperidine rings is 1. The van der Waals surface area contributed by atoms with Gasteiger partial charge < -0.3 is 4.57 Å². The molecule has 5 rings (SSSR count). The van der Waals surface area contributed by atoms with Gasteiger partial charge in [0.1, 0.15) is 5.82 Å². The maximum atomic E-state index is 4.84. The summed E-state index contributed by atoms with van der Waals surface area (Å²) in [4.78, 5) is 8.92. The van der Waals surface area contributed by atoms with E-state index < -0.39 is 0 Å². The molecule has 1 spiro atoms. The molecule has 2 aliphatic rings. The first-order valence-corrected chi connectivity index (χ1v) is 10.1. The van der Waals surface area contributed by atoms with Gasteiger partial charge in [-0.25, -0.2) is 4.98 Å². The van der Waals surface area contributed by atoms with Gasteiger partial charge in [-0.1, -0.05) is 30.3 Å². The molecule has 0 bridgehead atoms. The molecule has 0 aliphatic carbocycles. The Morgan fingerprint density at radius 3 is 2.76 bits per heavy atom. The highest BCUT2D eigenvalue weighted by molar-refractivity contribution is 7.09. The van der Waals surface area contributed by atoms with Crippen LogP contribution in [0.1, 0.15) is 34.7 Å². The second kappa shape index (κ2) is 6.11. The van der Waals surface area contributed by atoms with E-state index in [1.54, 1.807) is 0 Å². The van der Waals surface area contributed by atoms with Crippen LogP contribution in [0.3, 0.4) is 0 Å². The Morgan fingerprint density at radius 1 is 1.04 bits per heavy atom. The van der Waals surface area contributed by atoms with Crippen LogP contribution < -0.4 is 0 Å².